The normalized spacial score (nSPS) is 14.0. The average molecular weight is 300 g/mol. The molecule has 0 aliphatic heterocycles. The fourth-order valence-electron chi connectivity index (χ4n) is 1.38. The summed E-state index contributed by atoms with van der Waals surface area (Å²) in [6.45, 7) is 7.89. The van der Waals surface area contributed by atoms with Crippen LogP contribution in [-0.4, -0.2) is 26.8 Å². The number of hydrogen-bond acceptors (Lipinski definition) is 4. The molecule has 1 aromatic carbocycles. The first-order valence-corrected chi connectivity index (χ1v) is 8.24. The molecule has 0 saturated heterocycles. The van der Waals surface area contributed by atoms with E-state index >= 15 is 0 Å². The molecule has 0 bridgehead atoms. The fourth-order valence-corrected chi connectivity index (χ4v) is 2.69. The summed E-state index contributed by atoms with van der Waals surface area (Å²) in [5.41, 5.74) is 6.09. The monoisotopic (exact) mass is 300 g/mol. The summed E-state index contributed by atoms with van der Waals surface area (Å²) < 4.78 is 31.9. The maximum Gasteiger partial charge on any atom is 0.215 e. The molecule has 1 aromatic rings. The van der Waals surface area contributed by atoms with Crippen LogP contribution in [0.15, 0.2) is 24.3 Å². The zero-order valence-electron chi connectivity index (χ0n) is 12.5. The molecule has 20 heavy (non-hydrogen) atoms. The Morgan fingerprint density at radius 3 is 2.45 bits per heavy atom. The standard InChI is InChI=1S/C14H24N2O3S/c1-11(14(2,3)4)16-20(17,18)10-9-19-13-8-6-5-7-12(13)15/h5-8,11,16H,9-10,15H2,1-4H3. The van der Waals surface area contributed by atoms with Gasteiger partial charge in [0.1, 0.15) is 12.4 Å². The smallest absolute Gasteiger partial charge is 0.215 e. The van der Waals surface area contributed by atoms with Crippen molar-refractivity contribution in [1.29, 1.82) is 0 Å². The van der Waals surface area contributed by atoms with E-state index in [1.807, 2.05) is 27.7 Å². The van der Waals surface area contributed by atoms with E-state index in [4.69, 9.17) is 10.5 Å². The number of nitrogens with one attached hydrogen (secondary N) is 1. The third-order valence-corrected chi connectivity index (χ3v) is 4.60. The molecule has 0 fully saturated rings. The molecule has 3 N–H and O–H groups in total. The van der Waals surface area contributed by atoms with Crippen LogP contribution in [0.3, 0.4) is 0 Å². The van der Waals surface area contributed by atoms with Crippen molar-refractivity contribution in [2.24, 2.45) is 5.41 Å². The number of nitrogens with two attached hydrogens (primary N) is 1. The van der Waals surface area contributed by atoms with E-state index in [2.05, 4.69) is 4.72 Å². The van der Waals surface area contributed by atoms with Gasteiger partial charge in [0.2, 0.25) is 10.0 Å². The van der Waals surface area contributed by atoms with Crippen molar-refractivity contribution in [3.8, 4) is 5.75 Å². The van der Waals surface area contributed by atoms with Crippen LogP contribution in [0.2, 0.25) is 0 Å². The van der Waals surface area contributed by atoms with E-state index in [9.17, 15) is 8.42 Å². The maximum absolute atomic E-state index is 11.9. The summed E-state index contributed by atoms with van der Waals surface area (Å²) >= 11 is 0. The highest BCUT2D eigenvalue weighted by Gasteiger charge is 2.24. The number of anilines is 1. The lowest BCUT2D eigenvalue weighted by Crippen LogP contribution is -2.43. The van der Waals surface area contributed by atoms with Gasteiger partial charge in [-0.3, -0.25) is 0 Å². The molecule has 0 aliphatic rings. The third-order valence-electron chi connectivity index (χ3n) is 3.18. The van der Waals surface area contributed by atoms with Gasteiger partial charge in [-0.1, -0.05) is 32.9 Å². The summed E-state index contributed by atoms with van der Waals surface area (Å²) in [6.07, 6.45) is 0. The molecule has 0 saturated carbocycles. The van der Waals surface area contributed by atoms with Crippen molar-refractivity contribution in [3.05, 3.63) is 24.3 Å². The topological polar surface area (TPSA) is 81.4 Å². The summed E-state index contributed by atoms with van der Waals surface area (Å²) in [7, 11) is -3.36. The lowest BCUT2D eigenvalue weighted by atomic mass is 9.89. The maximum atomic E-state index is 11.9. The number of para-hydroxylation sites is 2. The van der Waals surface area contributed by atoms with Gasteiger partial charge in [-0.05, 0) is 24.5 Å². The van der Waals surface area contributed by atoms with Crippen LogP contribution < -0.4 is 15.2 Å². The second-order valence-electron chi connectivity index (χ2n) is 5.91. The van der Waals surface area contributed by atoms with E-state index in [1.54, 1.807) is 24.3 Å². The average Bonchev–Trinajstić information content (AvgIpc) is 2.29. The molecule has 6 heteroatoms. The number of sulfonamides is 1. The van der Waals surface area contributed by atoms with Gasteiger partial charge in [0.05, 0.1) is 11.4 Å². The summed E-state index contributed by atoms with van der Waals surface area (Å²) in [4.78, 5) is 0. The Morgan fingerprint density at radius 2 is 1.90 bits per heavy atom. The number of hydrogen-bond donors (Lipinski definition) is 2. The molecule has 0 radical (unpaired) electrons. The van der Waals surface area contributed by atoms with Gasteiger partial charge in [-0.2, -0.15) is 0 Å². The van der Waals surface area contributed by atoms with E-state index < -0.39 is 10.0 Å². The van der Waals surface area contributed by atoms with Crippen LogP contribution in [-0.2, 0) is 10.0 Å². The number of rotatable bonds is 6. The summed E-state index contributed by atoms with van der Waals surface area (Å²) in [5, 5.41) is 0. The van der Waals surface area contributed by atoms with Crippen LogP contribution in [0.5, 0.6) is 5.75 Å². The van der Waals surface area contributed by atoms with Gasteiger partial charge >= 0.3 is 0 Å². The first-order valence-electron chi connectivity index (χ1n) is 6.59. The van der Waals surface area contributed by atoms with E-state index in [0.29, 0.717) is 11.4 Å². The second kappa shape index (κ2) is 6.45. The molecule has 1 unspecified atom stereocenters. The van der Waals surface area contributed by atoms with Crippen molar-refractivity contribution in [1.82, 2.24) is 4.72 Å². The molecular formula is C14H24N2O3S. The predicted molar refractivity (Wildman–Crippen MR) is 82.2 cm³/mol. The number of ether oxygens (including phenoxy) is 1. The van der Waals surface area contributed by atoms with Crippen LogP contribution >= 0.6 is 0 Å². The molecule has 5 nitrogen and oxygen atoms in total. The SMILES string of the molecule is CC(NS(=O)(=O)CCOc1ccccc1N)C(C)(C)C. The van der Waals surface area contributed by atoms with Crippen molar-refractivity contribution in [2.75, 3.05) is 18.1 Å². The molecular weight excluding hydrogens is 276 g/mol. The molecule has 0 amide bonds. The Labute approximate surface area is 121 Å². The van der Waals surface area contributed by atoms with Crippen LogP contribution in [0.25, 0.3) is 0 Å². The van der Waals surface area contributed by atoms with Gasteiger partial charge in [-0.15, -0.1) is 0 Å². The minimum atomic E-state index is -3.36. The minimum absolute atomic E-state index is 0.0699. The highest BCUT2D eigenvalue weighted by molar-refractivity contribution is 7.89. The van der Waals surface area contributed by atoms with E-state index in [0.717, 1.165) is 0 Å². The lowest BCUT2D eigenvalue weighted by molar-refractivity contribution is 0.314. The lowest BCUT2D eigenvalue weighted by Gasteiger charge is -2.27. The molecule has 1 atom stereocenters. The minimum Gasteiger partial charge on any atom is -0.490 e. The van der Waals surface area contributed by atoms with Crippen molar-refractivity contribution in [2.45, 2.75) is 33.7 Å². The molecule has 0 spiro atoms. The summed E-state index contributed by atoms with van der Waals surface area (Å²) in [6, 6.07) is 6.87. The largest absolute Gasteiger partial charge is 0.490 e. The van der Waals surface area contributed by atoms with E-state index in [1.165, 1.54) is 0 Å². The quantitative estimate of drug-likeness (QED) is 0.787. The zero-order valence-corrected chi connectivity index (χ0v) is 13.3. The molecule has 0 heterocycles. The van der Waals surface area contributed by atoms with E-state index in [-0.39, 0.29) is 23.8 Å². The fraction of sp³-hybridized carbons (Fsp3) is 0.571. The Balaban J connectivity index is 2.51. The Kier molecular flexibility index (Phi) is 5.42. The molecule has 1 rings (SSSR count). The third kappa shape index (κ3) is 5.38. The number of benzene rings is 1. The van der Waals surface area contributed by atoms with Gasteiger partial charge in [0.25, 0.3) is 0 Å². The Hall–Kier alpha value is -1.27. The van der Waals surface area contributed by atoms with Gasteiger partial charge in [-0.25, -0.2) is 13.1 Å². The predicted octanol–water partition coefficient (Wildman–Crippen LogP) is 2.00. The first kappa shape index (κ1) is 16.8. The molecule has 0 aromatic heterocycles. The van der Waals surface area contributed by atoms with Crippen molar-refractivity contribution < 1.29 is 13.2 Å². The highest BCUT2D eigenvalue weighted by Crippen LogP contribution is 2.20. The van der Waals surface area contributed by atoms with Crippen molar-refractivity contribution >= 4 is 15.7 Å². The highest BCUT2D eigenvalue weighted by atomic mass is 32.2. The zero-order chi connectivity index (χ0) is 15.4. The molecule has 114 valence electrons. The van der Waals surface area contributed by atoms with Crippen LogP contribution in [0.4, 0.5) is 5.69 Å². The Morgan fingerprint density at radius 1 is 1.30 bits per heavy atom. The van der Waals surface area contributed by atoms with Gasteiger partial charge < -0.3 is 10.5 Å². The van der Waals surface area contributed by atoms with Crippen LogP contribution in [0, 0.1) is 5.41 Å². The van der Waals surface area contributed by atoms with Gasteiger partial charge in [0.15, 0.2) is 0 Å². The molecule has 0 aliphatic carbocycles. The van der Waals surface area contributed by atoms with Crippen molar-refractivity contribution in [3.63, 3.8) is 0 Å². The first-order chi connectivity index (χ1) is 9.12. The Bertz CT molecular complexity index is 536. The van der Waals surface area contributed by atoms with Crippen LogP contribution in [0.1, 0.15) is 27.7 Å². The second-order valence-corrected chi connectivity index (χ2v) is 7.78. The summed E-state index contributed by atoms with van der Waals surface area (Å²) in [5.74, 6) is 0.411. The van der Waals surface area contributed by atoms with Gasteiger partial charge in [0, 0.05) is 6.04 Å². The number of nitrogen functional groups attached to an aromatic ring is 1.